The summed E-state index contributed by atoms with van der Waals surface area (Å²) in [6, 6.07) is 27.0. The highest BCUT2D eigenvalue weighted by molar-refractivity contribution is 6.09. The van der Waals surface area contributed by atoms with Gasteiger partial charge in [0.1, 0.15) is 0 Å². The van der Waals surface area contributed by atoms with Crippen molar-refractivity contribution in [3.63, 3.8) is 0 Å². The minimum Gasteiger partial charge on any atom is -0.369 e. The molecule has 0 atom stereocenters. The first kappa shape index (κ1) is 28.8. The summed E-state index contributed by atoms with van der Waals surface area (Å²) in [5, 5.41) is 0. The molecule has 3 aromatic carbocycles. The number of aliphatic imine (C=N–C) groups is 1. The molecule has 0 spiro atoms. The van der Waals surface area contributed by atoms with Crippen molar-refractivity contribution in [1.82, 2.24) is 4.90 Å². The van der Waals surface area contributed by atoms with Crippen molar-refractivity contribution in [2.45, 2.75) is 89.1 Å². The van der Waals surface area contributed by atoms with Gasteiger partial charge in [-0.05, 0) is 35.6 Å². The molecule has 1 aliphatic heterocycles. The standard InChI is InChI=1S/C36H43N3O2/c37-35-38-36(31-22-13-9-14-23-31,32-24-15-10-16-25-32)34(41)39(35)27-28-18-17-21-30(26-28)33(40)29-19-11-7-5-3-1-2-4-6-8-12-20-29/h9-10,13-18,21-26,29H,1-8,11-12,19-20,27H2,(H2,37,38). The first-order valence-electron chi connectivity index (χ1n) is 15.5. The molecule has 1 fully saturated rings. The lowest BCUT2D eigenvalue weighted by Crippen LogP contribution is -2.43. The van der Waals surface area contributed by atoms with Crippen LogP contribution in [-0.2, 0) is 16.9 Å². The van der Waals surface area contributed by atoms with Gasteiger partial charge in [-0.2, -0.15) is 0 Å². The van der Waals surface area contributed by atoms with Gasteiger partial charge in [-0.3, -0.25) is 14.5 Å². The zero-order valence-corrected chi connectivity index (χ0v) is 24.1. The molecule has 1 saturated carbocycles. The third kappa shape index (κ3) is 6.61. The molecule has 41 heavy (non-hydrogen) atoms. The number of guanidine groups is 1. The Morgan fingerprint density at radius 3 is 1.78 bits per heavy atom. The van der Waals surface area contributed by atoms with Crippen molar-refractivity contribution in [2.75, 3.05) is 0 Å². The topological polar surface area (TPSA) is 75.8 Å². The fourth-order valence-corrected chi connectivity index (χ4v) is 6.48. The van der Waals surface area contributed by atoms with Crippen LogP contribution in [0.25, 0.3) is 0 Å². The second-order valence-electron chi connectivity index (χ2n) is 11.7. The molecule has 5 nitrogen and oxygen atoms in total. The summed E-state index contributed by atoms with van der Waals surface area (Å²) in [4.78, 5) is 34.3. The molecule has 0 unspecified atom stereocenters. The molecular formula is C36H43N3O2. The van der Waals surface area contributed by atoms with Gasteiger partial charge in [0.15, 0.2) is 17.3 Å². The van der Waals surface area contributed by atoms with Crippen molar-refractivity contribution in [2.24, 2.45) is 16.6 Å². The van der Waals surface area contributed by atoms with E-state index >= 15 is 0 Å². The van der Waals surface area contributed by atoms with E-state index in [2.05, 4.69) is 0 Å². The van der Waals surface area contributed by atoms with Gasteiger partial charge in [0.05, 0.1) is 6.54 Å². The highest BCUT2D eigenvalue weighted by Crippen LogP contribution is 2.40. The first-order valence-corrected chi connectivity index (χ1v) is 15.5. The van der Waals surface area contributed by atoms with Crippen molar-refractivity contribution in [1.29, 1.82) is 0 Å². The number of ketones is 1. The van der Waals surface area contributed by atoms with Gasteiger partial charge in [-0.15, -0.1) is 0 Å². The van der Waals surface area contributed by atoms with Crippen LogP contribution < -0.4 is 5.73 Å². The van der Waals surface area contributed by atoms with Gasteiger partial charge in [-0.25, -0.2) is 4.99 Å². The Kier molecular flexibility index (Phi) is 9.66. The molecule has 2 aliphatic rings. The Morgan fingerprint density at radius 2 is 1.24 bits per heavy atom. The monoisotopic (exact) mass is 549 g/mol. The number of rotatable bonds is 6. The maximum absolute atomic E-state index is 14.2. The molecule has 5 rings (SSSR count). The van der Waals surface area contributed by atoms with Crippen LogP contribution in [0.3, 0.4) is 0 Å². The zero-order chi connectivity index (χ0) is 28.5. The summed E-state index contributed by atoms with van der Waals surface area (Å²) in [6.07, 6.45) is 14.5. The zero-order valence-electron chi connectivity index (χ0n) is 24.1. The van der Waals surface area contributed by atoms with Gasteiger partial charge >= 0.3 is 0 Å². The minimum absolute atomic E-state index is 0.0647. The minimum atomic E-state index is -1.23. The van der Waals surface area contributed by atoms with E-state index in [-0.39, 0.29) is 30.1 Å². The highest BCUT2D eigenvalue weighted by atomic mass is 16.2. The number of benzene rings is 3. The van der Waals surface area contributed by atoms with Crippen LogP contribution in [0, 0.1) is 5.92 Å². The van der Waals surface area contributed by atoms with Gasteiger partial charge in [0.2, 0.25) is 0 Å². The van der Waals surface area contributed by atoms with Crippen molar-refractivity contribution >= 4 is 17.6 Å². The Hall–Kier alpha value is -3.73. The van der Waals surface area contributed by atoms with E-state index in [1.165, 1.54) is 51.4 Å². The van der Waals surface area contributed by atoms with Gasteiger partial charge in [0, 0.05) is 11.5 Å². The number of amides is 1. The fourth-order valence-electron chi connectivity index (χ4n) is 6.48. The molecule has 1 amide bonds. The third-order valence-electron chi connectivity index (χ3n) is 8.77. The fraction of sp³-hybridized carbons (Fsp3) is 0.417. The molecule has 2 N–H and O–H groups in total. The third-order valence-corrected chi connectivity index (χ3v) is 8.77. The summed E-state index contributed by atoms with van der Waals surface area (Å²) in [5.74, 6) is 0.308. The predicted octanol–water partition coefficient (Wildman–Crippen LogP) is 7.78. The molecule has 0 radical (unpaired) electrons. The number of nitrogens with zero attached hydrogens (tertiary/aromatic N) is 2. The molecular weight excluding hydrogens is 506 g/mol. The van der Waals surface area contributed by atoms with Crippen molar-refractivity contribution in [3.8, 4) is 0 Å². The SMILES string of the molecule is NC1=NC(c2ccccc2)(c2ccccc2)C(=O)N1Cc1cccc(C(=O)C2CCCCCCCCCCCC2)c1. The normalized spacial score (nSPS) is 19.1. The van der Waals surface area contributed by atoms with Gasteiger partial charge in [-0.1, -0.05) is 143 Å². The average Bonchev–Trinajstić information content (AvgIpc) is 3.28. The maximum Gasteiger partial charge on any atom is 0.266 e. The lowest BCUT2D eigenvalue weighted by atomic mass is 9.83. The first-order chi connectivity index (χ1) is 20.1. The molecule has 214 valence electrons. The summed E-state index contributed by atoms with van der Waals surface area (Å²) in [7, 11) is 0. The van der Waals surface area contributed by atoms with Crippen LogP contribution in [0.2, 0.25) is 0 Å². The molecule has 0 bridgehead atoms. The van der Waals surface area contributed by atoms with E-state index in [1.54, 1.807) is 4.90 Å². The largest absolute Gasteiger partial charge is 0.369 e. The number of carbonyl (C=O) groups excluding carboxylic acids is 2. The Labute approximate surface area is 244 Å². The van der Waals surface area contributed by atoms with E-state index in [9.17, 15) is 9.59 Å². The van der Waals surface area contributed by atoms with E-state index < -0.39 is 5.54 Å². The van der Waals surface area contributed by atoms with Crippen LogP contribution in [0.15, 0.2) is 89.9 Å². The van der Waals surface area contributed by atoms with E-state index in [0.717, 1.165) is 47.9 Å². The number of hydrogen-bond donors (Lipinski definition) is 1. The molecule has 3 aromatic rings. The van der Waals surface area contributed by atoms with Crippen LogP contribution in [-0.4, -0.2) is 22.5 Å². The maximum atomic E-state index is 14.2. The smallest absolute Gasteiger partial charge is 0.266 e. The quantitative estimate of drug-likeness (QED) is 0.319. The summed E-state index contributed by atoms with van der Waals surface area (Å²) >= 11 is 0. The van der Waals surface area contributed by atoms with E-state index in [4.69, 9.17) is 10.7 Å². The van der Waals surface area contributed by atoms with Crippen molar-refractivity contribution < 1.29 is 9.59 Å². The van der Waals surface area contributed by atoms with E-state index in [1.807, 2.05) is 84.9 Å². The Bertz CT molecular complexity index is 1280. The second-order valence-corrected chi connectivity index (χ2v) is 11.7. The van der Waals surface area contributed by atoms with Crippen LogP contribution >= 0.6 is 0 Å². The van der Waals surface area contributed by atoms with Crippen LogP contribution in [0.4, 0.5) is 0 Å². The summed E-state index contributed by atoms with van der Waals surface area (Å²) < 4.78 is 0. The molecule has 0 aromatic heterocycles. The van der Waals surface area contributed by atoms with Gasteiger partial charge in [0.25, 0.3) is 5.91 Å². The lowest BCUT2D eigenvalue weighted by Gasteiger charge is -2.27. The molecule has 0 saturated heterocycles. The number of hydrogen-bond acceptors (Lipinski definition) is 4. The van der Waals surface area contributed by atoms with E-state index in [0.29, 0.717) is 0 Å². The Morgan fingerprint density at radius 1 is 0.732 bits per heavy atom. The predicted molar refractivity (Wildman–Crippen MR) is 166 cm³/mol. The molecule has 5 heteroatoms. The highest BCUT2D eigenvalue weighted by Gasteiger charge is 2.50. The number of carbonyl (C=O) groups is 2. The second kappa shape index (κ2) is 13.8. The summed E-state index contributed by atoms with van der Waals surface area (Å²) in [5.41, 5.74) is 8.41. The number of nitrogens with two attached hydrogens (primary N) is 1. The lowest BCUT2D eigenvalue weighted by molar-refractivity contribution is -0.130. The number of Topliss-reactive ketones (excluding diaryl/α,β-unsaturated/α-hetero) is 1. The molecule has 1 heterocycles. The molecule has 1 aliphatic carbocycles. The van der Waals surface area contributed by atoms with Crippen LogP contribution in [0.5, 0.6) is 0 Å². The van der Waals surface area contributed by atoms with Gasteiger partial charge < -0.3 is 5.73 Å². The average molecular weight is 550 g/mol. The Balaban J connectivity index is 1.35. The van der Waals surface area contributed by atoms with Crippen LogP contribution in [0.1, 0.15) is 104 Å². The van der Waals surface area contributed by atoms with Crippen molar-refractivity contribution in [3.05, 3.63) is 107 Å². The summed E-state index contributed by atoms with van der Waals surface area (Å²) in [6.45, 7) is 0.265.